The molecular formula is C35H39N3O7. The Kier molecular flexibility index (Phi) is 7.93. The number of carbonyl (C=O) groups is 2. The summed E-state index contributed by atoms with van der Waals surface area (Å²) in [6.45, 7) is 5.88. The van der Waals surface area contributed by atoms with Crippen LogP contribution in [0.4, 0.5) is 26.7 Å². The summed E-state index contributed by atoms with van der Waals surface area (Å²) >= 11 is 0. The maximum atomic E-state index is 13.7. The Hall–Kier alpha value is -4.60. The third-order valence-electron chi connectivity index (χ3n) is 9.50. The van der Waals surface area contributed by atoms with E-state index in [0.29, 0.717) is 13.0 Å². The van der Waals surface area contributed by atoms with E-state index >= 15 is 0 Å². The van der Waals surface area contributed by atoms with Crippen molar-refractivity contribution in [3.63, 3.8) is 0 Å². The van der Waals surface area contributed by atoms with Gasteiger partial charge in [-0.25, -0.2) is 14.5 Å². The maximum Gasteiger partial charge on any atom is 0.419 e. The molecule has 0 radical (unpaired) electrons. The number of likely N-dealkylation sites (tertiary alicyclic amines) is 1. The molecule has 1 heterocycles. The molecule has 3 aromatic carbocycles. The summed E-state index contributed by atoms with van der Waals surface area (Å²) in [6, 6.07) is 18.9. The molecule has 3 aromatic rings. The van der Waals surface area contributed by atoms with Crippen molar-refractivity contribution in [2.75, 3.05) is 11.4 Å². The molecule has 0 aromatic heterocycles. The molecule has 6 rings (SSSR count). The Morgan fingerprint density at radius 1 is 1.04 bits per heavy atom. The number of fused-ring (bicyclic) bond motifs is 1. The number of phenols is 1. The van der Waals surface area contributed by atoms with Gasteiger partial charge in [0, 0.05) is 24.1 Å². The highest BCUT2D eigenvalue weighted by atomic mass is 16.6. The average Bonchev–Trinajstić information content (AvgIpc) is 3.00. The molecule has 3 atom stereocenters. The highest BCUT2D eigenvalue weighted by Gasteiger charge is 2.55. The lowest BCUT2D eigenvalue weighted by molar-refractivity contribution is -0.384. The predicted molar refractivity (Wildman–Crippen MR) is 169 cm³/mol. The summed E-state index contributed by atoms with van der Waals surface area (Å²) in [4.78, 5) is 41.7. The number of hydrogen-bond acceptors (Lipinski definition) is 7. The molecule has 0 unspecified atom stereocenters. The summed E-state index contributed by atoms with van der Waals surface area (Å²) in [6.07, 6.45) is 4.07. The minimum atomic E-state index is -0.894. The monoisotopic (exact) mass is 613 g/mol. The standard InChI is InChI=1S/C35H39N3O7/c1-34(2,3)45-33(41)37(27-14-7-8-15-28(27)38(42)43)30-20-24-19-29-25-13-9-10-16-35(25,26(24)21-31(30)39)17-18-36(29)32(40)44-22-23-11-5-4-6-12-23/h4-8,11-12,14-15,20-21,25,29,39H,9-10,13,16-19,22H2,1-3H3/t25-,29+,35+/m1/s1. The van der Waals surface area contributed by atoms with Gasteiger partial charge in [-0.3, -0.25) is 10.1 Å². The van der Waals surface area contributed by atoms with E-state index in [1.54, 1.807) is 39.0 Å². The number of nitro benzene ring substituents is 1. The molecule has 2 bridgehead atoms. The zero-order valence-corrected chi connectivity index (χ0v) is 25.9. The van der Waals surface area contributed by atoms with E-state index < -0.39 is 16.6 Å². The number of phenolic OH excluding ortho intramolecular Hbond substituents is 1. The first-order chi connectivity index (χ1) is 21.5. The van der Waals surface area contributed by atoms with Gasteiger partial charge in [0.2, 0.25) is 0 Å². The van der Waals surface area contributed by atoms with Crippen molar-refractivity contribution >= 4 is 29.2 Å². The molecule has 236 valence electrons. The lowest BCUT2D eigenvalue weighted by Crippen LogP contribution is -2.62. The van der Waals surface area contributed by atoms with Gasteiger partial charge < -0.3 is 19.5 Å². The van der Waals surface area contributed by atoms with Gasteiger partial charge in [0.25, 0.3) is 5.69 Å². The number of aromatic hydroxyl groups is 1. The van der Waals surface area contributed by atoms with Crippen molar-refractivity contribution < 1.29 is 29.1 Å². The van der Waals surface area contributed by atoms with Crippen LogP contribution in [0, 0.1) is 16.0 Å². The fraction of sp³-hybridized carbons (Fsp3) is 0.429. The smallest absolute Gasteiger partial charge is 0.419 e. The highest BCUT2D eigenvalue weighted by Crippen LogP contribution is 2.57. The van der Waals surface area contributed by atoms with Crippen LogP contribution in [0.3, 0.4) is 0 Å². The zero-order valence-electron chi connectivity index (χ0n) is 25.9. The molecule has 3 aliphatic rings. The third kappa shape index (κ3) is 5.69. The van der Waals surface area contributed by atoms with Crippen LogP contribution in [-0.2, 0) is 27.9 Å². The number of piperidine rings is 1. The Labute approximate surface area is 262 Å². The summed E-state index contributed by atoms with van der Waals surface area (Å²) in [7, 11) is 0. The van der Waals surface area contributed by atoms with Gasteiger partial charge in [0.05, 0.1) is 10.6 Å². The van der Waals surface area contributed by atoms with Crippen LogP contribution in [0.5, 0.6) is 5.75 Å². The summed E-state index contributed by atoms with van der Waals surface area (Å²) in [5, 5.41) is 23.6. The summed E-state index contributed by atoms with van der Waals surface area (Å²) < 4.78 is 11.5. The number of nitrogens with zero attached hydrogens (tertiary/aromatic N) is 3. The van der Waals surface area contributed by atoms with Crippen molar-refractivity contribution in [3.8, 4) is 5.75 Å². The van der Waals surface area contributed by atoms with Crippen molar-refractivity contribution in [1.82, 2.24) is 4.90 Å². The van der Waals surface area contributed by atoms with Gasteiger partial charge in [-0.2, -0.15) is 0 Å². The van der Waals surface area contributed by atoms with Gasteiger partial charge >= 0.3 is 12.2 Å². The first kappa shape index (κ1) is 30.4. The largest absolute Gasteiger partial charge is 0.506 e. The van der Waals surface area contributed by atoms with E-state index in [-0.39, 0.29) is 52.9 Å². The van der Waals surface area contributed by atoms with E-state index in [1.807, 2.05) is 35.2 Å². The average molecular weight is 614 g/mol. The van der Waals surface area contributed by atoms with Crippen LogP contribution in [0.15, 0.2) is 66.7 Å². The number of amides is 2. The Morgan fingerprint density at radius 3 is 2.51 bits per heavy atom. The Balaban J connectivity index is 1.41. The SMILES string of the molecule is CC(C)(C)OC(=O)N(c1cc2c(cc1O)[C@]13CCCC[C@@H]1[C@H](C2)N(C(=O)OCc1ccccc1)CC3)c1ccccc1[N+](=O)[O-]. The number of rotatable bonds is 5. The zero-order chi connectivity index (χ0) is 31.9. The van der Waals surface area contributed by atoms with Crippen LogP contribution < -0.4 is 4.90 Å². The molecule has 1 aliphatic heterocycles. The van der Waals surface area contributed by atoms with Crippen LogP contribution in [0.1, 0.15) is 69.6 Å². The fourth-order valence-electron chi connectivity index (χ4n) is 7.69. The van der Waals surface area contributed by atoms with Crippen LogP contribution in [0.25, 0.3) is 0 Å². The molecule has 10 heteroatoms. The number of benzene rings is 3. The lowest BCUT2D eigenvalue weighted by atomic mass is 9.52. The van der Waals surface area contributed by atoms with E-state index in [4.69, 9.17) is 9.47 Å². The number of hydrogen-bond donors (Lipinski definition) is 1. The minimum absolute atomic E-state index is 0.0113. The quantitative estimate of drug-likeness (QED) is 0.230. The van der Waals surface area contributed by atoms with E-state index in [0.717, 1.165) is 53.7 Å². The number of carbonyl (C=O) groups excluding carboxylic acids is 2. The Bertz CT molecular complexity index is 1620. The molecule has 2 amide bonds. The first-order valence-corrected chi connectivity index (χ1v) is 15.6. The number of ether oxygens (including phenoxy) is 2. The van der Waals surface area contributed by atoms with Gasteiger partial charge in [0.1, 0.15) is 23.6 Å². The number of anilines is 2. The molecule has 0 spiro atoms. The molecule has 10 nitrogen and oxygen atoms in total. The molecule has 1 N–H and O–H groups in total. The second-order valence-corrected chi connectivity index (χ2v) is 13.3. The highest BCUT2D eigenvalue weighted by molar-refractivity contribution is 6.00. The lowest BCUT2D eigenvalue weighted by Gasteiger charge is -2.58. The second-order valence-electron chi connectivity index (χ2n) is 13.3. The van der Waals surface area contributed by atoms with Gasteiger partial charge in [-0.05, 0) is 87.3 Å². The molecule has 2 aliphatic carbocycles. The Morgan fingerprint density at radius 2 is 1.78 bits per heavy atom. The molecule has 45 heavy (non-hydrogen) atoms. The third-order valence-corrected chi connectivity index (χ3v) is 9.50. The van der Waals surface area contributed by atoms with E-state index in [1.165, 1.54) is 18.2 Å². The van der Waals surface area contributed by atoms with Gasteiger partial charge in [-0.1, -0.05) is 55.3 Å². The van der Waals surface area contributed by atoms with Crippen molar-refractivity contribution in [3.05, 3.63) is 93.5 Å². The second kappa shape index (κ2) is 11.7. The van der Waals surface area contributed by atoms with Crippen LogP contribution in [0.2, 0.25) is 0 Å². The fourth-order valence-corrected chi connectivity index (χ4v) is 7.69. The van der Waals surface area contributed by atoms with Gasteiger partial charge in [-0.15, -0.1) is 0 Å². The number of nitro groups is 1. The maximum absolute atomic E-state index is 13.7. The topological polar surface area (TPSA) is 122 Å². The molecule has 1 saturated heterocycles. The predicted octanol–water partition coefficient (Wildman–Crippen LogP) is 7.77. The van der Waals surface area contributed by atoms with Crippen LogP contribution >= 0.6 is 0 Å². The van der Waals surface area contributed by atoms with E-state index in [2.05, 4.69) is 0 Å². The first-order valence-electron chi connectivity index (χ1n) is 15.6. The van der Waals surface area contributed by atoms with Crippen molar-refractivity contribution in [2.45, 2.75) is 83.0 Å². The van der Waals surface area contributed by atoms with Crippen LogP contribution in [-0.4, -0.2) is 45.3 Å². The minimum Gasteiger partial charge on any atom is -0.506 e. The summed E-state index contributed by atoms with van der Waals surface area (Å²) in [5.74, 6) is 0.0544. The van der Waals surface area contributed by atoms with Crippen molar-refractivity contribution in [2.24, 2.45) is 5.92 Å². The molecule has 2 fully saturated rings. The summed E-state index contributed by atoms with van der Waals surface area (Å²) in [5.41, 5.74) is 1.53. The number of para-hydroxylation sites is 2. The van der Waals surface area contributed by atoms with Crippen molar-refractivity contribution in [1.29, 1.82) is 0 Å². The van der Waals surface area contributed by atoms with Gasteiger partial charge in [0.15, 0.2) is 0 Å². The molecule has 1 saturated carbocycles. The normalized spacial score (nSPS) is 22.1. The molecular weight excluding hydrogens is 574 g/mol. The van der Waals surface area contributed by atoms with E-state index in [9.17, 15) is 24.8 Å².